The zero-order valence-corrected chi connectivity index (χ0v) is 11.1. The highest BCUT2D eigenvalue weighted by molar-refractivity contribution is 5.49. The summed E-state index contributed by atoms with van der Waals surface area (Å²) in [5.74, 6) is -0.180. The van der Waals surface area contributed by atoms with E-state index in [1.54, 1.807) is 0 Å². The Hall–Kier alpha value is -1.76. The second kappa shape index (κ2) is 5.32. The van der Waals surface area contributed by atoms with E-state index in [9.17, 15) is 18.3 Å². The number of pyridine rings is 1. The fourth-order valence-corrected chi connectivity index (χ4v) is 2.05. The molecule has 0 amide bonds. The Kier molecular flexibility index (Phi) is 3.89. The smallest absolute Gasteiger partial charge is 0.431 e. The molecule has 0 aliphatic rings. The van der Waals surface area contributed by atoms with Crippen molar-refractivity contribution >= 4 is 5.65 Å². The highest BCUT2D eigenvalue weighted by atomic mass is 19.4. The number of imidazole rings is 1. The van der Waals surface area contributed by atoms with Gasteiger partial charge in [-0.2, -0.15) is 13.2 Å². The van der Waals surface area contributed by atoms with Crippen molar-refractivity contribution in [2.24, 2.45) is 0 Å². The van der Waals surface area contributed by atoms with E-state index in [2.05, 4.69) is 4.98 Å². The molecule has 1 atom stereocenters. The van der Waals surface area contributed by atoms with Crippen molar-refractivity contribution in [1.29, 1.82) is 0 Å². The Morgan fingerprint density at radius 2 is 2.10 bits per heavy atom. The van der Waals surface area contributed by atoms with Gasteiger partial charge in [-0.25, -0.2) is 4.98 Å². The largest absolute Gasteiger partial charge is 0.497 e. The molecule has 110 valence electrons. The van der Waals surface area contributed by atoms with Gasteiger partial charge in [0, 0.05) is 24.2 Å². The maximum Gasteiger partial charge on any atom is 0.431 e. The predicted octanol–water partition coefficient (Wildman–Crippen LogP) is 2.85. The number of aromatic nitrogens is 2. The summed E-state index contributed by atoms with van der Waals surface area (Å²) in [5, 5.41) is 9.24. The Morgan fingerprint density at radius 1 is 1.40 bits per heavy atom. The van der Waals surface area contributed by atoms with Crippen LogP contribution in [0.4, 0.5) is 13.2 Å². The van der Waals surface area contributed by atoms with E-state index in [0.717, 1.165) is 10.5 Å². The van der Waals surface area contributed by atoms with Gasteiger partial charge in [0.25, 0.3) is 0 Å². The highest BCUT2D eigenvalue weighted by Crippen LogP contribution is 2.33. The van der Waals surface area contributed by atoms with Crippen LogP contribution in [0.3, 0.4) is 0 Å². The zero-order chi connectivity index (χ0) is 14.9. The molecule has 0 saturated heterocycles. The number of ether oxygens (including phenoxy) is 1. The standard InChI is InChI=1S/C13H15F3N2O2/c1-3-8(7-19)10-6-18-11(13(14,15)16)4-9(20-2)5-12(18)17-10/h4-6,8,19H,3,7H2,1-2H3. The summed E-state index contributed by atoms with van der Waals surface area (Å²) in [6, 6.07) is 2.36. The van der Waals surface area contributed by atoms with Gasteiger partial charge >= 0.3 is 6.18 Å². The van der Waals surface area contributed by atoms with Gasteiger partial charge in [-0.15, -0.1) is 0 Å². The van der Waals surface area contributed by atoms with E-state index < -0.39 is 11.9 Å². The van der Waals surface area contributed by atoms with Crippen molar-refractivity contribution in [3.8, 4) is 5.75 Å². The number of alkyl halides is 3. The summed E-state index contributed by atoms with van der Waals surface area (Å²) < 4.78 is 45.0. The van der Waals surface area contributed by atoms with Crippen LogP contribution >= 0.6 is 0 Å². The minimum absolute atomic E-state index is 0.0963. The van der Waals surface area contributed by atoms with Crippen molar-refractivity contribution in [1.82, 2.24) is 9.38 Å². The number of aliphatic hydroxyl groups is 1. The van der Waals surface area contributed by atoms with Crippen LogP contribution in [0.2, 0.25) is 0 Å². The molecule has 20 heavy (non-hydrogen) atoms. The molecule has 0 spiro atoms. The molecule has 2 heterocycles. The normalized spacial score (nSPS) is 13.7. The van der Waals surface area contributed by atoms with Gasteiger partial charge in [0.2, 0.25) is 0 Å². The molecule has 0 fully saturated rings. The summed E-state index contributed by atoms with van der Waals surface area (Å²) in [6.07, 6.45) is -2.59. The summed E-state index contributed by atoms with van der Waals surface area (Å²) in [5.41, 5.74) is -0.259. The Bertz CT molecular complexity index is 603. The maximum absolute atomic E-state index is 13.1. The van der Waals surface area contributed by atoms with Gasteiger partial charge in [-0.05, 0) is 6.42 Å². The van der Waals surface area contributed by atoms with Gasteiger partial charge in [0.15, 0.2) is 0 Å². The first kappa shape index (κ1) is 14.6. The Morgan fingerprint density at radius 3 is 2.60 bits per heavy atom. The molecule has 0 radical (unpaired) electrons. The first-order valence-corrected chi connectivity index (χ1v) is 6.15. The molecular formula is C13H15F3N2O2. The first-order valence-electron chi connectivity index (χ1n) is 6.15. The SMILES string of the molecule is CCC(CO)c1cn2c(C(F)(F)F)cc(OC)cc2n1. The molecule has 1 N–H and O–H groups in total. The van der Waals surface area contributed by atoms with Crippen LogP contribution in [-0.2, 0) is 6.18 Å². The topological polar surface area (TPSA) is 46.8 Å². The van der Waals surface area contributed by atoms with Gasteiger partial charge in [0.1, 0.15) is 17.1 Å². The van der Waals surface area contributed by atoms with Crippen LogP contribution in [0, 0.1) is 0 Å². The number of halogens is 3. The van der Waals surface area contributed by atoms with Crippen molar-refractivity contribution < 1.29 is 23.0 Å². The third-order valence-electron chi connectivity index (χ3n) is 3.22. The van der Waals surface area contributed by atoms with E-state index in [1.165, 1.54) is 19.4 Å². The van der Waals surface area contributed by atoms with Crippen LogP contribution in [-0.4, -0.2) is 28.2 Å². The van der Waals surface area contributed by atoms with Crippen LogP contribution < -0.4 is 4.74 Å². The van der Waals surface area contributed by atoms with Gasteiger partial charge in [-0.1, -0.05) is 6.92 Å². The molecule has 2 rings (SSSR count). The third kappa shape index (κ3) is 2.58. The second-order valence-electron chi connectivity index (χ2n) is 4.46. The third-order valence-corrected chi connectivity index (χ3v) is 3.22. The quantitative estimate of drug-likeness (QED) is 0.941. The lowest BCUT2D eigenvalue weighted by molar-refractivity contribution is -0.142. The molecule has 0 aliphatic carbocycles. The van der Waals surface area contributed by atoms with Gasteiger partial charge in [-0.3, -0.25) is 4.40 Å². The first-order chi connectivity index (χ1) is 9.40. The Balaban J connectivity index is 2.66. The fraction of sp³-hybridized carbons (Fsp3) is 0.462. The van der Waals surface area contributed by atoms with E-state index in [-0.39, 0.29) is 23.9 Å². The van der Waals surface area contributed by atoms with Gasteiger partial charge < -0.3 is 9.84 Å². The Labute approximate surface area is 113 Å². The van der Waals surface area contributed by atoms with E-state index >= 15 is 0 Å². The van der Waals surface area contributed by atoms with Crippen LogP contribution in [0.25, 0.3) is 5.65 Å². The van der Waals surface area contributed by atoms with E-state index in [1.807, 2.05) is 6.92 Å². The average Bonchev–Trinajstić information content (AvgIpc) is 2.81. The maximum atomic E-state index is 13.1. The molecule has 0 aromatic carbocycles. The van der Waals surface area contributed by atoms with Gasteiger partial charge in [0.05, 0.1) is 19.4 Å². The number of rotatable bonds is 4. The molecular weight excluding hydrogens is 273 g/mol. The summed E-state index contributed by atoms with van der Waals surface area (Å²) in [6.45, 7) is 1.69. The molecule has 0 aliphatic heterocycles. The lowest BCUT2D eigenvalue weighted by Gasteiger charge is -2.11. The minimum atomic E-state index is -4.51. The van der Waals surface area contributed by atoms with Crippen molar-refractivity contribution in [3.05, 3.63) is 29.7 Å². The van der Waals surface area contributed by atoms with E-state index in [0.29, 0.717) is 12.1 Å². The molecule has 2 aromatic heterocycles. The number of nitrogens with zero attached hydrogens (tertiary/aromatic N) is 2. The zero-order valence-electron chi connectivity index (χ0n) is 11.1. The number of aliphatic hydroxyl groups excluding tert-OH is 1. The summed E-state index contributed by atoms with van der Waals surface area (Å²) >= 11 is 0. The number of hydrogen-bond acceptors (Lipinski definition) is 3. The molecule has 0 bridgehead atoms. The second-order valence-corrected chi connectivity index (χ2v) is 4.46. The molecule has 0 saturated carbocycles. The van der Waals surface area contributed by atoms with Crippen LogP contribution in [0.5, 0.6) is 5.75 Å². The van der Waals surface area contributed by atoms with E-state index in [4.69, 9.17) is 4.74 Å². The fourth-order valence-electron chi connectivity index (χ4n) is 2.05. The number of hydrogen-bond donors (Lipinski definition) is 1. The highest BCUT2D eigenvalue weighted by Gasteiger charge is 2.34. The average molecular weight is 288 g/mol. The van der Waals surface area contributed by atoms with Crippen LogP contribution in [0.15, 0.2) is 18.3 Å². The van der Waals surface area contributed by atoms with Crippen LogP contribution in [0.1, 0.15) is 30.7 Å². The lowest BCUT2D eigenvalue weighted by Crippen LogP contribution is -2.11. The number of methoxy groups -OCH3 is 1. The number of fused-ring (bicyclic) bond motifs is 1. The lowest BCUT2D eigenvalue weighted by atomic mass is 10.1. The van der Waals surface area contributed by atoms with Crippen molar-refractivity contribution in [2.75, 3.05) is 13.7 Å². The summed E-state index contributed by atoms with van der Waals surface area (Å²) in [7, 11) is 1.30. The monoisotopic (exact) mass is 288 g/mol. The minimum Gasteiger partial charge on any atom is -0.497 e. The van der Waals surface area contributed by atoms with Crippen molar-refractivity contribution in [3.63, 3.8) is 0 Å². The summed E-state index contributed by atoms with van der Waals surface area (Å²) in [4.78, 5) is 4.16. The van der Waals surface area contributed by atoms with Crippen molar-refractivity contribution in [2.45, 2.75) is 25.4 Å². The molecule has 1 unspecified atom stereocenters. The molecule has 4 nitrogen and oxygen atoms in total. The molecule has 2 aromatic rings. The predicted molar refractivity (Wildman–Crippen MR) is 66.9 cm³/mol. The molecule has 7 heteroatoms.